The van der Waals surface area contributed by atoms with Crippen molar-refractivity contribution in [3.63, 3.8) is 0 Å². The number of nitrogens with two attached hydrogens (primary N) is 1. The van der Waals surface area contributed by atoms with Crippen LogP contribution in [0.4, 0.5) is 0 Å². The molecule has 0 saturated carbocycles. The van der Waals surface area contributed by atoms with Gasteiger partial charge in [-0.05, 0) is 25.0 Å². The molecular weight excluding hydrogens is 154 g/mol. The van der Waals surface area contributed by atoms with E-state index in [4.69, 9.17) is 15.5 Å². The molecule has 12 heavy (non-hydrogen) atoms. The topological polar surface area (TPSA) is 44.5 Å². The number of hydrogen-bond donors (Lipinski definition) is 1. The quantitative estimate of drug-likeness (QED) is 0.637. The maximum atomic E-state index is 5.43. The maximum absolute atomic E-state index is 5.43. The standard InChI is InChI=1S/C9H11NO2/c10-12-9-5-1-4-8-7(9)3-2-6-11-8/h1,4-5H,2-3,6,10H2. The molecule has 3 nitrogen and oxygen atoms in total. The van der Waals surface area contributed by atoms with Gasteiger partial charge >= 0.3 is 0 Å². The smallest absolute Gasteiger partial charge is 0.153 e. The van der Waals surface area contributed by atoms with Crippen molar-refractivity contribution in [2.75, 3.05) is 6.61 Å². The van der Waals surface area contributed by atoms with Gasteiger partial charge in [0.1, 0.15) is 5.75 Å². The summed E-state index contributed by atoms with van der Waals surface area (Å²) in [7, 11) is 0. The summed E-state index contributed by atoms with van der Waals surface area (Å²) in [6, 6.07) is 5.68. The first kappa shape index (κ1) is 7.43. The monoisotopic (exact) mass is 165 g/mol. The summed E-state index contributed by atoms with van der Waals surface area (Å²) in [5, 5.41) is 0. The molecule has 3 heteroatoms. The molecule has 0 spiro atoms. The molecule has 0 radical (unpaired) electrons. The summed E-state index contributed by atoms with van der Waals surface area (Å²) < 4.78 is 5.43. The molecule has 0 bridgehead atoms. The predicted octanol–water partition coefficient (Wildman–Crippen LogP) is 1.26. The summed E-state index contributed by atoms with van der Waals surface area (Å²) in [5.74, 6) is 6.75. The first-order chi connectivity index (χ1) is 5.92. The third-order valence-corrected chi connectivity index (χ3v) is 2.05. The van der Waals surface area contributed by atoms with Crippen LogP contribution in [0.2, 0.25) is 0 Å². The summed E-state index contributed by atoms with van der Waals surface area (Å²) in [5.41, 5.74) is 1.09. The van der Waals surface area contributed by atoms with Crippen LogP contribution in [-0.2, 0) is 6.42 Å². The number of rotatable bonds is 1. The second-order valence-corrected chi connectivity index (χ2v) is 2.80. The van der Waals surface area contributed by atoms with Crippen molar-refractivity contribution in [2.24, 2.45) is 5.90 Å². The number of ether oxygens (including phenoxy) is 1. The fraction of sp³-hybridized carbons (Fsp3) is 0.333. The predicted molar refractivity (Wildman–Crippen MR) is 45.1 cm³/mol. The third-order valence-electron chi connectivity index (χ3n) is 2.05. The molecule has 2 rings (SSSR count). The Hall–Kier alpha value is -1.22. The van der Waals surface area contributed by atoms with Crippen LogP contribution in [0.25, 0.3) is 0 Å². The number of fused-ring (bicyclic) bond motifs is 1. The van der Waals surface area contributed by atoms with Gasteiger partial charge in [-0.3, -0.25) is 0 Å². The Balaban J connectivity index is 2.44. The van der Waals surface area contributed by atoms with Gasteiger partial charge in [0.05, 0.1) is 6.61 Å². The molecule has 2 N–H and O–H groups in total. The number of hydrogen-bond acceptors (Lipinski definition) is 3. The van der Waals surface area contributed by atoms with Gasteiger partial charge in [-0.25, -0.2) is 0 Å². The fourth-order valence-corrected chi connectivity index (χ4v) is 1.47. The normalized spacial score (nSPS) is 14.8. The van der Waals surface area contributed by atoms with Crippen LogP contribution in [0.3, 0.4) is 0 Å². The van der Waals surface area contributed by atoms with E-state index >= 15 is 0 Å². The van der Waals surface area contributed by atoms with Gasteiger partial charge in [0.25, 0.3) is 0 Å². The van der Waals surface area contributed by atoms with Crippen molar-refractivity contribution >= 4 is 0 Å². The van der Waals surface area contributed by atoms with Crippen LogP contribution in [0, 0.1) is 0 Å². The van der Waals surface area contributed by atoms with Crippen LogP contribution in [0.1, 0.15) is 12.0 Å². The molecule has 0 atom stereocenters. The van der Waals surface area contributed by atoms with Gasteiger partial charge < -0.3 is 9.57 Å². The molecule has 0 aliphatic carbocycles. The molecule has 1 aliphatic heterocycles. The first-order valence-corrected chi connectivity index (χ1v) is 4.03. The summed E-state index contributed by atoms with van der Waals surface area (Å²) in [6.07, 6.45) is 2.02. The van der Waals surface area contributed by atoms with Crippen LogP contribution < -0.4 is 15.5 Å². The Morgan fingerprint density at radius 2 is 2.33 bits per heavy atom. The molecule has 0 aromatic heterocycles. The lowest BCUT2D eigenvalue weighted by Gasteiger charge is -2.18. The fourth-order valence-electron chi connectivity index (χ4n) is 1.47. The van der Waals surface area contributed by atoms with E-state index in [0.29, 0.717) is 0 Å². The second-order valence-electron chi connectivity index (χ2n) is 2.80. The molecule has 1 aromatic carbocycles. The highest BCUT2D eigenvalue weighted by molar-refractivity contribution is 5.45. The van der Waals surface area contributed by atoms with Gasteiger partial charge in [-0.2, -0.15) is 5.90 Å². The van der Waals surface area contributed by atoms with E-state index in [2.05, 4.69) is 0 Å². The summed E-state index contributed by atoms with van der Waals surface area (Å²) in [4.78, 5) is 4.73. The third kappa shape index (κ3) is 1.12. The highest BCUT2D eigenvalue weighted by atomic mass is 16.6. The molecule has 1 aromatic rings. The largest absolute Gasteiger partial charge is 0.493 e. The van der Waals surface area contributed by atoms with Crippen LogP contribution in [0.15, 0.2) is 18.2 Å². The molecule has 1 heterocycles. The minimum Gasteiger partial charge on any atom is -0.493 e. The molecule has 0 fully saturated rings. The highest BCUT2D eigenvalue weighted by Crippen LogP contribution is 2.31. The van der Waals surface area contributed by atoms with Crippen LogP contribution in [0.5, 0.6) is 11.5 Å². The zero-order chi connectivity index (χ0) is 8.39. The van der Waals surface area contributed by atoms with Gasteiger partial charge in [-0.1, -0.05) is 6.07 Å². The van der Waals surface area contributed by atoms with Crippen molar-refractivity contribution < 1.29 is 9.57 Å². The second kappa shape index (κ2) is 3.03. The molecule has 1 aliphatic rings. The molecule has 0 amide bonds. The summed E-state index contributed by atoms with van der Waals surface area (Å²) >= 11 is 0. The minimum atomic E-state index is 0.729. The maximum Gasteiger partial charge on any atom is 0.153 e. The van der Waals surface area contributed by atoms with E-state index in [-0.39, 0.29) is 0 Å². The Morgan fingerprint density at radius 1 is 1.42 bits per heavy atom. The van der Waals surface area contributed by atoms with Crippen LogP contribution >= 0.6 is 0 Å². The molecule has 0 unspecified atom stereocenters. The van der Waals surface area contributed by atoms with Gasteiger partial charge in [0, 0.05) is 5.56 Å². The van der Waals surface area contributed by atoms with E-state index < -0.39 is 0 Å². The Labute approximate surface area is 71.0 Å². The van der Waals surface area contributed by atoms with E-state index in [1.807, 2.05) is 18.2 Å². The van der Waals surface area contributed by atoms with Gasteiger partial charge in [0.15, 0.2) is 5.75 Å². The van der Waals surface area contributed by atoms with Crippen LogP contribution in [-0.4, -0.2) is 6.61 Å². The van der Waals surface area contributed by atoms with Crippen molar-refractivity contribution in [1.82, 2.24) is 0 Å². The first-order valence-electron chi connectivity index (χ1n) is 4.03. The number of benzene rings is 1. The average Bonchev–Trinajstić information content (AvgIpc) is 2.17. The lowest BCUT2D eigenvalue weighted by Crippen LogP contribution is -2.12. The molecule has 0 saturated heterocycles. The lowest BCUT2D eigenvalue weighted by atomic mass is 10.1. The highest BCUT2D eigenvalue weighted by Gasteiger charge is 2.14. The van der Waals surface area contributed by atoms with Crippen molar-refractivity contribution in [3.8, 4) is 11.5 Å². The lowest BCUT2D eigenvalue weighted by molar-refractivity contribution is 0.275. The summed E-state index contributed by atoms with van der Waals surface area (Å²) in [6.45, 7) is 0.793. The van der Waals surface area contributed by atoms with Crippen molar-refractivity contribution in [2.45, 2.75) is 12.8 Å². The van der Waals surface area contributed by atoms with E-state index in [1.165, 1.54) is 0 Å². The zero-order valence-corrected chi connectivity index (χ0v) is 6.75. The Kier molecular flexibility index (Phi) is 1.87. The SMILES string of the molecule is NOc1cccc2c1CCCO2. The minimum absolute atomic E-state index is 0.729. The van der Waals surface area contributed by atoms with Crippen molar-refractivity contribution in [3.05, 3.63) is 23.8 Å². The molecule has 64 valence electrons. The Morgan fingerprint density at radius 3 is 3.17 bits per heavy atom. The average molecular weight is 165 g/mol. The van der Waals surface area contributed by atoms with Gasteiger partial charge in [0.2, 0.25) is 0 Å². The van der Waals surface area contributed by atoms with E-state index in [1.54, 1.807) is 0 Å². The van der Waals surface area contributed by atoms with E-state index in [9.17, 15) is 0 Å². The van der Waals surface area contributed by atoms with Gasteiger partial charge in [-0.15, -0.1) is 0 Å². The zero-order valence-electron chi connectivity index (χ0n) is 6.75. The van der Waals surface area contributed by atoms with E-state index in [0.717, 1.165) is 36.5 Å². The Bertz CT molecular complexity index is 272. The molecular formula is C9H11NO2. The van der Waals surface area contributed by atoms with Crippen molar-refractivity contribution in [1.29, 1.82) is 0 Å².